The molecule has 21 heavy (non-hydrogen) atoms. The first-order valence-corrected chi connectivity index (χ1v) is 8.19. The summed E-state index contributed by atoms with van der Waals surface area (Å²) in [5.41, 5.74) is 4.02. The highest BCUT2D eigenvalue weighted by Crippen LogP contribution is 2.22. The SMILES string of the molecule is Cc1ccc(C[C@H]2CCCN(C(=O)c3cncs3)C2)cn1. The number of carbonyl (C=O) groups is 1. The molecular weight excluding hydrogens is 282 g/mol. The van der Waals surface area contributed by atoms with Gasteiger partial charge in [-0.2, -0.15) is 0 Å². The van der Waals surface area contributed by atoms with E-state index in [1.807, 2.05) is 18.0 Å². The molecule has 0 saturated carbocycles. The molecule has 4 nitrogen and oxygen atoms in total. The third kappa shape index (κ3) is 3.47. The van der Waals surface area contributed by atoms with Crippen LogP contribution < -0.4 is 0 Å². The summed E-state index contributed by atoms with van der Waals surface area (Å²) >= 11 is 1.42. The maximum absolute atomic E-state index is 12.4. The van der Waals surface area contributed by atoms with Gasteiger partial charge in [-0.25, -0.2) is 0 Å². The Morgan fingerprint density at radius 2 is 2.33 bits per heavy atom. The summed E-state index contributed by atoms with van der Waals surface area (Å²) in [5.74, 6) is 0.657. The third-order valence-corrected chi connectivity index (χ3v) is 4.71. The number of hydrogen-bond donors (Lipinski definition) is 0. The molecule has 2 aromatic heterocycles. The first-order valence-electron chi connectivity index (χ1n) is 7.31. The van der Waals surface area contributed by atoms with Gasteiger partial charge in [0.2, 0.25) is 0 Å². The smallest absolute Gasteiger partial charge is 0.265 e. The molecule has 5 heteroatoms. The Balaban J connectivity index is 1.63. The minimum Gasteiger partial charge on any atom is -0.338 e. The number of likely N-dealkylation sites (tertiary alicyclic amines) is 1. The molecule has 0 unspecified atom stereocenters. The van der Waals surface area contributed by atoms with Crippen LogP contribution in [0.3, 0.4) is 0 Å². The maximum Gasteiger partial charge on any atom is 0.265 e. The lowest BCUT2D eigenvalue weighted by molar-refractivity contribution is 0.0678. The Labute approximate surface area is 128 Å². The van der Waals surface area contributed by atoms with Crippen LogP contribution in [-0.2, 0) is 6.42 Å². The van der Waals surface area contributed by atoms with E-state index < -0.39 is 0 Å². The molecule has 110 valence electrons. The quantitative estimate of drug-likeness (QED) is 0.875. The summed E-state index contributed by atoms with van der Waals surface area (Å²) in [6, 6.07) is 4.20. The first kappa shape index (κ1) is 14.2. The van der Waals surface area contributed by atoms with Crippen molar-refractivity contribution >= 4 is 17.2 Å². The number of piperidine rings is 1. The van der Waals surface area contributed by atoms with Crippen LogP contribution in [-0.4, -0.2) is 33.9 Å². The minimum absolute atomic E-state index is 0.129. The number of hydrogen-bond acceptors (Lipinski definition) is 4. The largest absolute Gasteiger partial charge is 0.338 e. The number of thiazole rings is 1. The maximum atomic E-state index is 12.4. The molecule has 0 N–H and O–H groups in total. The van der Waals surface area contributed by atoms with Gasteiger partial charge in [-0.05, 0) is 43.7 Å². The van der Waals surface area contributed by atoms with Crippen LogP contribution in [0.5, 0.6) is 0 Å². The number of rotatable bonds is 3. The predicted molar refractivity (Wildman–Crippen MR) is 83.4 cm³/mol. The highest BCUT2D eigenvalue weighted by atomic mass is 32.1. The van der Waals surface area contributed by atoms with Gasteiger partial charge < -0.3 is 4.90 Å². The Morgan fingerprint density at radius 1 is 1.43 bits per heavy atom. The molecule has 0 spiro atoms. The van der Waals surface area contributed by atoms with Gasteiger partial charge in [-0.3, -0.25) is 14.8 Å². The molecule has 1 aliphatic rings. The standard InChI is InChI=1S/C16H19N3OS/c1-12-4-5-13(8-18-12)7-14-3-2-6-19(10-14)16(20)15-9-17-11-21-15/h4-5,8-9,11,14H,2-3,6-7,10H2,1H3/t14-/m1/s1. The summed E-state index contributed by atoms with van der Waals surface area (Å²) in [7, 11) is 0. The molecule has 0 bridgehead atoms. The lowest BCUT2D eigenvalue weighted by Crippen LogP contribution is -2.40. The second-order valence-corrected chi connectivity index (χ2v) is 6.52. The normalized spacial score (nSPS) is 18.7. The number of aryl methyl sites for hydroxylation is 1. The fraction of sp³-hybridized carbons (Fsp3) is 0.438. The summed E-state index contributed by atoms with van der Waals surface area (Å²) in [4.78, 5) is 23.5. The second-order valence-electron chi connectivity index (χ2n) is 5.64. The Morgan fingerprint density at radius 3 is 3.05 bits per heavy atom. The van der Waals surface area contributed by atoms with E-state index in [0.29, 0.717) is 5.92 Å². The van der Waals surface area contributed by atoms with Crippen LogP contribution in [0.2, 0.25) is 0 Å². The average Bonchev–Trinajstić information content (AvgIpc) is 3.03. The van der Waals surface area contributed by atoms with Crippen molar-refractivity contribution in [2.75, 3.05) is 13.1 Å². The second kappa shape index (κ2) is 6.35. The zero-order valence-electron chi connectivity index (χ0n) is 12.2. The van der Waals surface area contributed by atoms with Crippen molar-refractivity contribution in [1.82, 2.24) is 14.9 Å². The van der Waals surface area contributed by atoms with Gasteiger partial charge in [0, 0.05) is 25.0 Å². The molecule has 0 aliphatic carbocycles. The van der Waals surface area contributed by atoms with Crippen LogP contribution in [0, 0.1) is 12.8 Å². The van der Waals surface area contributed by atoms with Crippen molar-refractivity contribution in [3.8, 4) is 0 Å². The molecule has 1 saturated heterocycles. The molecule has 3 rings (SSSR count). The molecule has 1 fully saturated rings. The summed E-state index contributed by atoms with van der Waals surface area (Å²) in [6.07, 6.45) is 6.88. The van der Waals surface area contributed by atoms with Crippen molar-refractivity contribution in [3.05, 3.63) is 46.2 Å². The van der Waals surface area contributed by atoms with Gasteiger partial charge in [0.1, 0.15) is 4.88 Å². The monoisotopic (exact) mass is 301 g/mol. The fourth-order valence-electron chi connectivity index (χ4n) is 2.85. The summed E-state index contributed by atoms with van der Waals surface area (Å²) < 4.78 is 0. The average molecular weight is 301 g/mol. The Hall–Kier alpha value is -1.75. The van der Waals surface area contributed by atoms with Crippen molar-refractivity contribution in [1.29, 1.82) is 0 Å². The van der Waals surface area contributed by atoms with E-state index in [4.69, 9.17) is 0 Å². The van der Waals surface area contributed by atoms with Crippen LogP contribution in [0.4, 0.5) is 0 Å². The van der Waals surface area contributed by atoms with E-state index in [2.05, 4.69) is 22.1 Å². The first-order chi connectivity index (χ1) is 10.2. The minimum atomic E-state index is 0.129. The molecule has 0 aromatic carbocycles. The predicted octanol–water partition coefficient (Wildman–Crippen LogP) is 2.94. The lowest BCUT2D eigenvalue weighted by Gasteiger charge is -2.32. The Bertz CT molecular complexity index is 594. The Kier molecular flexibility index (Phi) is 4.29. The van der Waals surface area contributed by atoms with Crippen molar-refractivity contribution in [3.63, 3.8) is 0 Å². The molecule has 1 amide bonds. The van der Waals surface area contributed by atoms with E-state index >= 15 is 0 Å². The lowest BCUT2D eigenvalue weighted by atomic mass is 9.91. The molecule has 2 aromatic rings. The van der Waals surface area contributed by atoms with Crippen LogP contribution >= 0.6 is 11.3 Å². The summed E-state index contributed by atoms with van der Waals surface area (Å²) in [5, 5.41) is 0. The van der Waals surface area contributed by atoms with Crippen LogP contribution in [0.25, 0.3) is 0 Å². The van der Waals surface area contributed by atoms with Gasteiger partial charge in [0.25, 0.3) is 5.91 Å². The van der Waals surface area contributed by atoms with Crippen molar-refractivity contribution < 1.29 is 4.79 Å². The van der Waals surface area contributed by atoms with Gasteiger partial charge in [-0.1, -0.05) is 6.07 Å². The van der Waals surface area contributed by atoms with Crippen molar-refractivity contribution in [2.45, 2.75) is 26.2 Å². The van der Waals surface area contributed by atoms with E-state index in [1.54, 1.807) is 11.7 Å². The number of carbonyl (C=O) groups excluding carboxylic acids is 1. The summed E-state index contributed by atoms with van der Waals surface area (Å²) in [6.45, 7) is 3.70. The molecular formula is C16H19N3OS. The topological polar surface area (TPSA) is 46.1 Å². The van der Waals surface area contributed by atoms with Gasteiger partial charge >= 0.3 is 0 Å². The number of aromatic nitrogens is 2. The van der Waals surface area contributed by atoms with Gasteiger partial charge in [0.05, 0.1) is 11.7 Å². The number of pyridine rings is 1. The molecule has 3 heterocycles. The fourth-order valence-corrected chi connectivity index (χ4v) is 3.43. The molecule has 1 atom stereocenters. The third-order valence-electron chi connectivity index (χ3n) is 3.95. The number of amides is 1. The van der Waals surface area contributed by atoms with Crippen molar-refractivity contribution in [2.24, 2.45) is 5.92 Å². The van der Waals surface area contributed by atoms with E-state index in [1.165, 1.54) is 23.3 Å². The highest BCUT2D eigenvalue weighted by molar-refractivity contribution is 7.11. The zero-order chi connectivity index (χ0) is 14.7. The van der Waals surface area contributed by atoms with Crippen LogP contribution in [0.15, 0.2) is 30.0 Å². The number of nitrogens with zero attached hydrogens (tertiary/aromatic N) is 3. The van der Waals surface area contributed by atoms with Gasteiger partial charge in [-0.15, -0.1) is 11.3 Å². The van der Waals surface area contributed by atoms with E-state index in [9.17, 15) is 4.79 Å². The molecule has 0 radical (unpaired) electrons. The van der Waals surface area contributed by atoms with Crippen LogP contribution in [0.1, 0.15) is 33.8 Å². The van der Waals surface area contributed by atoms with E-state index in [-0.39, 0.29) is 5.91 Å². The highest BCUT2D eigenvalue weighted by Gasteiger charge is 2.25. The molecule has 1 aliphatic heterocycles. The van der Waals surface area contributed by atoms with E-state index in [0.717, 1.165) is 36.5 Å². The van der Waals surface area contributed by atoms with Gasteiger partial charge in [0.15, 0.2) is 0 Å². The zero-order valence-corrected chi connectivity index (χ0v) is 13.0.